The molecule has 0 aliphatic heterocycles. The smallest absolute Gasteiger partial charge is 0.341 e. The number of halogens is 5. The molecular formula is C12H7Cl5N2O3. The fourth-order valence-corrected chi connectivity index (χ4v) is 1.97. The molecule has 0 radical (unpaired) electrons. The van der Waals surface area contributed by atoms with Crippen molar-refractivity contribution in [2.24, 2.45) is 0 Å². The molecule has 118 valence electrons. The minimum atomic E-state index is -1.13. The summed E-state index contributed by atoms with van der Waals surface area (Å²) < 4.78 is 4.75. The summed E-state index contributed by atoms with van der Waals surface area (Å²) in [5.74, 6) is -1.18. The van der Waals surface area contributed by atoms with Crippen molar-refractivity contribution in [1.82, 2.24) is 9.97 Å². The summed E-state index contributed by atoms with van der Waals surface area (Å²) in [4.78, 5) is 17.6. The van der Waals surface area contributed by atoms with Crippen molar-refractivity contribution in [2.75, 3.05) is 6.61 Å². The molecular weight excluding hydrogens is 397 g/mol. The number of carbonyl (C=O) groups is 1. The minimum Gasteiger partial charge on any atom is -0.479 e. The predicted molar refractivity (Wildman–Crippen MR) is 86.7 cm³/mol. The van der Waals surface area contributed by atoms with Crippen molar-refractivity contribution in [3.8, 4) is 5.88 Å². The van der Waals surface area contributed by atoms with Gasteiger partial charge in [0.1, 0.15) is 10.2 Å². The standard InChI is InChI=1S/C7H4Cl3NO3.C5H3Cl2N/c8-3-1-4(9)7(11-6(3)10)14-2-5(12)13;6-4-1-2-8-5(7)3-4/h1H,2H2,(H,12,13);1-3H. The zero-order valence-electron chi connectivity index (χ0n) is 10.6. The zero-order chi connectivity index (χ0) is 16.7. The van der Waals surface area contributed by atoms with Crippen LogP contribution in [0.4, 0.5) is 0 Å². The molecule has 0 saturated heterocycles. The first-order valence-corrected chi connectivity index (χ1v) is 7.31. The van der Waals surface area contributed by atoms with Crippen LogP contribution < -0.4 is 4.74 Å². The van der Waals surface area contributed by atoms with Crippen LogP contribution in [-0.2, 0) is 4.79 Å². The molecule has 2 rings (SSSR count). The average Bonchev–Trinajstić information content (AvgIpc) is 2.41. The maximum absolute atomic E-state index is 10.2. The van der Waals surface area contributed by atoms with Crippen molar-refractivity contribution < 1.29 is 14.6 Å². The zero-order valence-corrected chi connectivity index (χ0v) is 14.3. The van der Waals surface area contributed by atoms with E-state index in [1.807, 2.05) is 0 Å². The Hall–Kier alpha value is -0.980. The van der Waals surface area contributed by atoms with Gasteiger partial charge in [0.2, 0.25) is 5.88 Å². The fourth-order valence-electron chi connectivity index (χ4n) is 1.04. The van der Waals surface area contributed by atoms with Gasteiger partial charge in [-0.05, 0) is 18.2 Å². The van der Waals surface area contributed by atoms with Gasteiger partial charge in [-0.2, -0.15) is 4.98 Å². The Labute approximate surface area is 150 Å². The van der Waals surface area contributed by atoms with Gasteiger partial charge in [0.25, 0.3) is 0 Å². The number of hydrogen-bond acceptors (Lipinski definition) is 4. The summed E-state index contributed by atoms with van der Waals surface area (Å²) in [5, 5.41) is 9.68. The third-order valence-corrected chi connectivity index (χ3v) is 3.26. The number of aromatic nitrogens is 2. The summed E-state index contributed by atoms with van der Waals surface area (Å²) in [6.07, 6.45) is 1.56. The first-order valence-electron chi connectivity index (χ1n) is 5.42. The summed E-state index contributed by atoms with van der Waals surface area (Å²) in [6.45, 7) is -0.537. The maximum atomic E-state index is 10.2. The highest BCUT2D eigenvalue weighted by Crippen LogP contribution is 2.30. The van der Waals surface area contributed by atoms with Gasteiger partial charge in [0.15, 0.2) is 11.8 Å². The molecule has 0 bridgehead atoms. The third kappa shape index (κ3) is 6.85. The molecule has 2 heterocycles. The van der Waals surface area contributed by atoms with Crippen LogP contribution in [-0.4, -0.2) is 27.7 Å². The van der Waals surface area contributed by atoms with E-state index in [0.717, 1.165) is 0 Å². The normalized spacial score (nSPS) is 9.68. The van der Waals surface area contributed by atoms with Gasteiger partial charge in [0.05, 0.1) is 5.02 Å². The SMILES string of the molecule is Clc1ccnc(Cl)c1.O=C(O)COc1nc(Cl)c(Cl)cc1Cl. The Kier molecular flexibility index (Phi) is 8.00. The van der Waals surface area contributed by atoms with Gasteiger partial charge in [-0.25, -0.2) is 9.78 Å². The largest absolute Gasteiger partial charge is 0.479 e. The van der Waals surface area contributed by atoms with E-state index in [9.17, 15) is 4.79 Å². The van der Waals surface area contributed by atoms with Crippen molar-refractivity contribution in [3.63, 3.8) is 0 Å². The minimum absolute atomic E-state index is 0.0106. The third-order valence-electron chi connectivity index (χ3n) is 1.88. The van der Waals surface area contributed by atoms with Crippen LogP contribution in [0, 0.1) is 0 Å². The quantitative estimate of drug-likeness (QED) is 0.737. The molecule has 0 saturated carbocycles. The van der Waals surface area contributed by atoms with E-state index >= 15 is 0 Å². The Bertz CT molecular complexity index is 652. The highest BCUT2D eigenvalue weighted by molar-refractivity contribution is 6.42. The second-order valence-electron chi connectivity index (χ2n) is 3.53. The van der Waals surface area contributed by atoms with E-state index < -0.39 is 12.6 Å². The molecule has 0 spiro atoms. The molecule has 0 amide bonds. The Balaban J connectivity index is 0.000000255. The molecule has 5 nitrogen and oxygen atoms in total. The lowest BCUT2D eigenvalue weighted by Gasteiger charge is -2.05. The number of carboxylic acids is 1. The highest BCUT2D eigenvalue weighted by atomic mass is 35.5. The summed E-state index contributed by atoms with van der Waals surface area (Å²) >= 11 is 27.8. The van der Waals surface area contributed by atoms with Crippen LogP contribution >= 0.6 is 58.0 Å². The van der Waals surface area contributed by atoms with E-state index in [1.165, 1.54) is 6.07 Å². The number of rotatable bonds is 3. The molecule has 1 N–H and O–H groups in total. The topological polar surface area (TPSA) is 72.3 Å². The Morgan fingerprint density at radius 1 is 1.14 bits per heavy atom. The van der Waals surface area contributed by atoms with Crippen LogP contribution in [0.3, 0.4) is 0 Å². The van der Waals surface area contributed by atoms with Gasteiger partial charge < -0.3 is 9.84 Å². The molecule has 2 aromatic rings. The molecule has 0 atom stereocenters. The van der Waals surface area contributed by atoms with Crippen molar-refractivity contribution in [1.29, 1.82) is 0 Å². The number of hydrogen-bond donors (Lipinski definition) is 1. The summed E-state index contributed by atoms with van der Waals surface area (Å²) in [6, 6.07) is 4.59. The van der Waals surface area contributed by atoms with Gasteiger partial charge in [-0.15, -0.1) is 0 Å². The molecule has 22 heavy (non-hydrogen) atoms. The van der Waals surface area contributed by atoms with Crippen LogP contribution in [0.15, 0.2) is 24.4 Å². The van der Waals surface area contributed by atoms with Crippen molar-refractivity contribution >= 4 is 64.0 Å². The van der Waals surface area contributed by atoms with Crippen LogP contribution in [0.5, 0.6) is 5.88 Å². The van der Waals surface area contributed by atoms with Gasteiger partial charge in [0, 0.05) is 11.2 Å². The second-order valence-corrected chi connectivity index (χ2v) is 5.52. The van der Waals surface area contributed by atoms with E-state index in [2.05, 4.69) is 9.97 Å². The molecule has 0 aliphatic rings. The summed E-state index contributed by atoms with van der Waals surface area (Å²) in [5.41, 5.74) is 0. The average molecular weight is 404 g/mol. The highest BCUT2D eigenvalue weighted by Gasteiger charge is 2.10. The number of carboxylic acid groups (broad SMARTS) is 1. The van der Waals surface area contributed by atoms with Gasteiger partial charge >= 0.3 is 5.97 Å². The van der Waals surface area contributed by atoms with Crippen LogP contribution in [0.1, 0.15) is 0 Å². The van der Waals surface area contributed by atoms with Gasteiger partial charge in [-0.3, -0.25) is 0 Å². The lowest BCUT2D eigenvalue weighted by Crippen LogP contribution is -2.10. The van der Waals surface area contributed by atoms with E-state index in [4.69, 9.17) is 67.8 Å². The predicted octanol–water partition coefficient (Wildman–Crippen LogP) is 4.89. The van der Waals surface area contributed by atoms with E-state index in [0.29, 0.717) is 10.2 Å². The first-order chi connectivity index (χ1) is 10.3. The Morgan fingerprint density at radius 2 is 1.82 bits per heavy atom. The Morgan fingerprint density at radius 3 is 2.32 bits per heavy atom. The first kappa shape index (κ1) is 19.1. The monoisotopic (exact) mass is 402 g/mol. The molecule has 0 unspecified atom stereocenters. The number of nitrogens with zero attached hydrogens (tertiary/aromatic N) is 2. The molecule has 0 fully saturated rings. The summed E-state index contributed by atoms with van der Waals surface area (Å²) in [7, 11) is 0. The van der Waals surface area contributed by atoms with Crippen LogP contribution in [0.25, 0.3) is 0 Å². The van der Waals surface area contributed by atoms with E-state index in [-0.39, 0.29) is 21.1 Å². The number of ether oxygens (including phenoxy) is 1. The molecule has 0 aromatic carbocycles. The lowest BCUT2D eigenvalue weighted by molar-refractivity contribution is -0.139. The van der Waals surface area contributed by atoms with Crippen molar-refractivity contribution in [3.05, 3.63) is 49.8 Å². The van der Waals surface area contributed by atoms with Gasteiger partial charge in [-0.1, -0.05) is 58.0 Å². The van der Waals surface area contributed by atoms with E-state index in [1.54, 1.807) is 18.3 Å². The molecule has 0 aliphatic carbocycles. The fraction of sp³-hybridized carbons (Fsp3) is 0.0833. The maximum Gasteiger partial charge on any atom is 0.341 e. The number of aliphatic carboxylic acids is 1. The number of pyridine rings is 2. The second kappa shape index (κ2) is 9.22. The lowest BCUT2D eigenvalue weighted by atomic mass is 10.5. The molecule has 2 aromatic heterocycles. The van der Waals surface area contributed by atoms with Crippen molar-refractivity contribution in [2.45, 2.75) is 0 Å². The van der Waals surface area contributed by atoms with Crippen LogP contribution in [0.2, 0.25) is 25.4 Å². The molecule has 10 heteroatoms.